The van der Waals surface area contributed by atoms with Crippen LogP contribution in [-0.4, -0.2) is 13.2 Å². The van der Waals surface area contributed by atoms with E-state index >= 15 is 0 Å². The number of ether oxygens (including phenoxy) is 1. The molecule has 0 aliphatic heterocycles. The van der Waals surface area contributed by atoms with Crippen LogP contribution in [0.5, 0.6) is 5.75 Å². The van der Waals surface area contributed by atoms with Gasteiger partial charge >= 0.3 is 0 Å². The van der Waals surface area contributed by atoms with Crippen molar-refractivity contribution in [3.05, 3.63) is 53.6 Å². The van der Waals surface area contributed by atoms with Crippen LogP contribution in [0.3, 0.4) is 0 Å². The molecular weight excluding hydrogens is 272 g/mol. The number of rotatable bonds is 5. The van der Waals surface area contributed by atoms with E-state index in [2.05, 4.69) is 19.2 Å². The van der Waals surface area contributed by atoms with Crippen LogP contribution in [0.1, 0.15) is 19.4 Å². The molecule has 0 atom stereocenters. The Morgan fingerprint density at radius 1 is 1.05 bits per heavy atom. The van der Waals surface area contributed by atoms with Gasteiger partial charge in [-0.25, -0.2) is 8.78 Å². The zero-order valence-corrected chi connectivity index (χ0v) is 12.4. The van der Waals surface area contributed by atoms with Crippen molar-refractivity contribution in [1.82, 2.24) is 5.32 Å². The van der Waals surface area contributed by atoms with Crippen molar-refractivity contribution < 1.29 is 13.5 Å². The Labute approximate surface area is 123 Å². The highest BCUT2D eigenvalue weighted by atomic mass is 19.1. The van der Waals surface area contributed by atoms with E-state index < -0.39 is 11.6 Å². The maximum Gasteiger partial charge on any atom is 0.137 e. The standard InChI is InChI=1S/C17H19F2NO/c1-11(2)20-10-12-4-6-13(7-5-12)17-15(18)8-14(21-3)9-16(17)19/h4-9,11,20H,10H2,1-3H3. The topological polar surface area (TPSA) is 21.3 Å². The summed E-state index contributed by atoms with van der Waals surface area (Å²) in [6, 6.07) is 9.96. The quantitative estimate of drug-likeness (QED) is 0.894. The molecule has 0 fully saturated rings. The molecule has 1 N–H and O–H groups in total. The van der Waals surface area contributed by atoms with E-state index in [1.807, 2.05) is 12.1 Å². The van der Waals surface area contributed by atoms with E-state index in [4.69, 9.17) is 4.74 Å². The van der Waals surface area contributed by atoms with Crippen LogP contribution in [0.2, 0.25) is 0 Å². The molecule has 0 amide bonds. The van der Waals surface area contributed by atoms with Gasteiger partial charge in [-0.15, -0.1) is 0 Å². The number of halogens is 2. The molecule has 2 rings (SSSR count). The van der Waals surface area contributed by atoms with Crippen LogP contribution in [0.15, 0.2) is 36.4 Å². The van der Waals surface area contributed by atoms with Gasteiger partial charge in [0.2, 0.25) is 0 Å². The first-order chi connectivity index (χ1) is 10.0. The van der Waals surface area contributed by atoms with E-state index in [1.165, 1.54) is 19.2 Å². The van der Waals surface area contributed by atoms with Crippen LogP contribution >= 0.6 is 0 Å². The summed E-state index contributed by atoms with van der Waals surface area (Å²) in [6.45, 7) is 4.86. The molecule has 0 saturated carbocycles. The van der Waals surface area contributed by atoms with Crippen molar-refractivity contribution in [1.29, 1.82) is 0 Å². The normalized spacial score (nSPS) is 11.0. The molecule has 21 heavy (non-hydrogen) atoms. The third-order valence-electron chi connectivity index (χ3n) is 3.21. The van der Waals surface area contributed by atoms with Gasteiger partial charge < -0.3 is 10.1 Å². The highest BCUT2D eigenvalue weighted by molar-refractivity contribution is 5.66. The number of hydrogen-bond acceptors (Lipinski definition) is 2. The van der Waals surface area contributed by atoms with Gasteiger partial charge in [-0.1, -0.05) is 38.1 Å². The zero-order chi connectivity index (χ0) is 15.4. The van der Waals surface area contributed by atoms with Gasteiger partial charge in [0.15, 0.2) is 0 Å². The largest absolute Gasteiger partial charge is 0.497 e. The van der Waals surface area contributed by atoms with E-state index in [1.54, 1.807) is 12.1 Å². The molecule has 0 spiro atoms. The minimum atomic E-state index is -0.625. The molecule has 0 heterocycles. The molecule has 0 aliphatic carbocycles. The maximum atomic E-state index is 14.0. The highest BCUT2D eigenvalue weighted by Gasteiger charge is 2.13. The lowest BCUT2D eigenvalue weighted by Crippen LogP contribution is -2.21. The minimum Gasteiger partial charge on any atom is -0.497 e. The van der Waals surface area contributed by atoms with Crippen LogP contribution < -0.4 is 10.1 Å². The summed E-state index contributed by atoms with van der Waals surface area (Å²) >= 11 is 0. The van der Waals surface area contributed by atoms with Crippen LogP contribution in [0, 0.1) is 11.6 Å². The first kappa shape index (κ1) is 15.4. The Morgan fingerprint density at radius 3 is 2.10 bits per heavy atom. The van der Waals surface area contributed by atoms with Crippen LogP contribution in [-0.2, 0) is 6.54 Å². The van der Waals surface area contributed by atoms with Gasteiger partial charge in [0.05, 0.1) is 12.7 Å². The lowest BCUT2D eigenvalue weighted by Gasteiger charge is -2.10. The Balaban J connectivity index is 2.26. The van der Waals surface area contributed by atoms with Gasteiger partial charge in [-0.05, 0) is 11.1 Å². The first-order valence-electron chi connectivity index (χ1n) is 6.87. The number of benzene rings is 2. The van der Waals surface area contributed by atoms with E-state index in [0.29, 0.717) is 11.6 Å². The second kappa shape index (κ2) is 6.68. The van der Waals surface area contributed by atoms with Crippen molar-refractivity contribution in [2.45, 2.75) is 26.4 Å². The summed E-state index contributed by atoms with van der Waals surface area (Å²) in [5.74, 6) is -1.08. The van der Waals surface area contributed by atoms with Gasteiger partial charge in [0.25, 0.3) is 0 Å². The summed E-state index contributed by atoms with van der Waals surface area (Å²) in [5, 5.41) is 3.29. The highest BCUT2D eigenvalue weighted by Crippen LogP contribution is 2.29. The Kier molecular flexibility index (Phi) is 4.91. The average molecular weight is 291 g/mol. The smallest absolute Gasteiger partial charge is 0.137 e. The van der Waals surface area contributed by atoms with E-state index in [0.717, 1.165) is 12.1 Å². The molecule has 112 valence electrons. The summed E-state index contributed by atoms with van der Waals surface area (Å²) in [5.41, 5.74) is 1.56. The minimum absolute atomic E-state index is 0.0285. The molecule has 2 aromatic rings. The second-order valence-electron chi connectivity index (χ2n) is 5.20. The predicted molar refractivity (Wildman–Crippen MR) is 80.3 cm³/mol. The molecule has 0 unspecified atom stereocenters. The Bertz CT molecular complexity index is 586. The molecule has 0 aromatic heterocycles. The number of hydrogen-bond donors (Lipinski definition) is 1. The fraction of sp³-hybridized carbons (Fsp3) is 0.294. The summed E-state index contributed by atoms with van der Waals surface area (Å²) < 4.78 is 32.9. The molecular formula is C17H19F2NO. The summed E-state index contributed by atoms with van der Waals surface area (Å²) in [6.07, 6.45) is 0. The van der Waals surface area contributed by atoms with Crippen LogP contribution in [0.4, 0.5) is 8.78 Å². The number of methoxy groups -OCH3 is 1. The number of nitrogens with one attached hydrogen (secondary N) is 1. The summed E-state index contributed by atoms with van der Waals surface area (Å²) in [4.78, 5) is 0. The van der Waals surface area contributed by atoms with Gasteiger partial charge in [0, 0.05) is 24.7 Å². The second-order valence-corrected chi connectivity index (χ2v) is 5.20. The third-order valence-corrected chi connectivity index (χ3v) is 3.21. The lowest BCUT2D eigenvalue weighted by atomic mass is 10.0. The van der Waals surface area contributed by atoms with Crippen molar-refractivity contribution in [3.63, 3.8) is 0 Å². The lowest BCUT2D eigenvalue weighted by molar-refractivity contribution is 0.407. The van der Waals surface area contributed by atoms with Gasteiger partial charge in [-0.2, -0.15) is 0 Å². The summed E-state index contributed by atoms with van der Waals surface area (Å²) in [7, 11) is 1.38. The monoisotopic (exact) mass is 291 g/mol. The van der Waals surface area contributed by atoms with Gasteiger partial charge in [-0.3, -0.25) is 0 Å². The molecule has 0 bridgehead atoms. The van der Waals surface area contributed by atoms with Crippen molar-refractivity contribution >= 4 is 0 Å². The maximum absolute atomic E-state index is 14.0. The van der Waals surface area contributed by atoms with Crippen LogP contribution in [0.25, 0.3) is 11.1 Å². The molecule has 0 radical (unpaired) electrons. The average Bonchev–Trinajstić information content (AvgIpc) is 2.45. The fourth-order valence-electron chi connectivity index (χ4n) is 2.05. The molecule has 0 aliphatic rings. The molecule has 2 nitrogen and oxygen atoms in total. The zero-order valence-electron chi connectivity index (χ0n) is 12.4. The van der Waals surface area contributed by atoms with Crippen molar-refractivity contribution in [2.75, 3.05) is 7.11 Å². The van der Waals surface area contributed by atoms with E-state index in [-0.39, 0.29) is 11.3 Å². The Hall–Kier alpha value is -1.94. The SMILES string of the molecule is COc1cc(F)c(-c2ccc(CNC(C)C)cc2)c(F)c1. The molecule has 2 aromatic carbocycles. The van der Waals surface area contributed by atoms with E-state index in [9.17, 15) is 8.78 Å². The Morgan fingerprint density at radius 2 is 1.62 bits per heavy atom. The van der Waals surface area contributed by atoms with Gasteiger partial charge in [0.1, 0.15) is 17.4 Å². The molecule has 0 saturated heterocycles. The molecule has 4 heteroatoms. The van der Waals surface area contributed by atoms with Crippen molar-refractivity contribution in [3.8, 4) is 16.9 Å². The fourth-order valence-corrected chi connectivity index (χ4v) is 2.05. The first-order valence-corrected chi connectivity index (χ1v) is 6.87. The van der Waals surface area contributed by atoms with Crippen molar-refractivity contribution in [2.24, 2.45) is 0 Å². The predicted octanol–water partition coefficient (Wildman–Crippen LogP) is 4.14. The third kappa shape index (κ3) is 3.79.